The van der Waals surface area contributed by atoms with Crippen molar-refractivity contribution in [1.82, 2.24) is 15.2 Å². The van der Waals surface area contributed by atoms with Crippen molar-refractivity contribution in [3.8, 4) is 5.75 Å². The van der Waals surface area contributed by atoms with Crippen LogP contribution in [0.5, 0.6) is 5.75 Å². The van der Waals surface area contributed by atoms with Gasteiger partial charge in [-0.05, 0) is 49.6 Å². The van der Waals surface area contributed by atoms with Crippen molar-refractivity contribution in [1.29, 1.82) is 0 Å². The number of aliphatic imine (C=N–C) groups is 1. The highest BCUT2D eigenvalue weighted by atomic mass is 127. The minimum Gasteiger partial charge on any atom is -0.487 e. The Morgan fingerprint density at radius 3 is 2.74 bits per heavy atom. The van der Waals surface area contributed by atoms with Crippen molar-refractivity contribution >= 4 is 35.9 Å². The fraction of sp³-hybridized carbons (Fsp3) is 0.435. The SMILES string of the molecule is CCOC(=O)C1CCCN(C(=NC)NCc2ccc(OCc3ccccn3)cc2)C1.I. The number of pyridine rings is 1. The van der Waals surface area contributed by atoms with E-state index in [1.165, 1.54) is 0 Å². The molecule has 1 unspecified atom stereocenters. The third-order valence-corrected chi connectivity index (χ3v) is 5.04. The number of ether oxygens (including phenoxy) is 2. The Balaban J connectivity index is 0.00000341. The third-order valence-electron chi connectivity index (χ3n) is 5.04. The summed E-state index contributed by atoms with van der Waals surface area (Å²) in [7, 11) is 1.77. The van der Waals surface area contributed by atoms with Gasteiger partial charge in [-0.1, -0.05) is 18.2 Å². The molecule has 7 nitrogen and oxygen atoms in total. The molecule has 1 aromatic heterocycles. The van der Waals surface area contributed by atoms with Gasteiger partial charge in [0, 0.05) is 32.9 Å². The number of benzene rings is 1. The fourth-order valence-corrected chi connectivity index (χ4v) is 3.48. The third kappa shape index (κ3) is 7.68. The van der Waals surface area contributed by atoms with Gasteiger partial charge in [-0.3, -0.25) is 14.8 Å². The summed E-state index contributed by atoms with van der Waals surface area (Å²) in [5, 5.41) is 3.40. The fourth-order valence-electron chi connectivity index (χ4n) is 3.48. The molecule has 0 amide bonds. The zero-order chi connectivity index (χ0) is 21.2. The standard InChI is InChI=1S/C23H30N4O3.HI/c1-3-29-22(28)19-7-6-14-27(16-19)23(24-2)26-15-18-9-11-21(12-10-18)30-17-20-8-4-5-13-25-20;/h4-5,8-13,19H,3,6-7,14-17H2,1-2H3,(H,24,26);1H. The van der Waals surface area contributed by atoms with Crippen LogP contribution in [0, 0.1) is 5.92 Å². The van der Waals surface area contributed by atoms with Crippen LogP contribution in [0.1, 0.15) is 31.0 Å². The zero-order valence-corrected chi connectivity index (χ0v) is 20.5. The van der Waals surface area contributed by atoms with Gasteiger partial charge in [-0.2, -0.15) is 0 Å². The number of likely N-dealkylation sites (tertiary alicyclic amines) is 1. The van der Waals surface area contributed by atoms with Crippen molar-refractivity contribution in [2.45, 2.75) is 32.9 Å². The van der Waals surface area contributed by atoms with Crippen LogP contribution in [0.2, 0.25) is 0 Å². The predicted octanol–water partition coefficient (Wildman–Crippen LogP) is 3.63. The molecule has 2 aromatic rings. The van der Waals surface area contributed by atoms with Crippen LogP contribution in [-0.4, -0.2) is 48.6 Å². The summed E-state index contributed by atoms with van der Waals surface area (Å²) in [6, 6.07) is 13.8. The maximum Gasteiger partial charge on any atom is 0.310 e. The average Bonchev–Trinajstić information content (AvgIpc) is 2.80. The van der Waals surface area contributed by atoms with Crippen LogP contribution in [0.4, 0.5) is 0 Å². The Morgan fingerprint density at radius 2 is 2.06 bits per heavy atom. The van der Waals surface area contributed by atoms with Gasteiger partial charge in [-0.15, -0.1) is 24.0 Å². The highest BCUT2D eigenvalue weighted by Crippen LogP contribution is 2.18. The van der Waals surface area contributed by atoms with Gasteiger partial charge in [0.2, 0.25) is 0 Å². The first kappa shape index (κ1) is 24.9. The normalized spacial score (nSPS) is 16.3. The van der Waals surface area contributed by atoms with E-state index in [1.54, 1.807) is 13.2 Å². The molecule has 1 atom stereocenters. The molecule has 0 saturated carbocycles. The minimum absolute atomic E-state index is 0. The summed E-state index contributed by atoms with van der Waals surface area (Å²) in [6.45, 7) is 4.88. The second kappa shape index (κ2) is 13.1. The molecule has 0 spiro atoms. The van der Waals surface area contributed by atoms with Gasteiger partial charge in [0.1, 0.15) is 12.4 Å². The zero-order valence-electron chi connectivity index (χ0n) is 18.1. The topological polar surface area (TPSA) is 76.0 Å². The lowest BCUT2D eigenvalue weighted by Crippen LogP contribution is -2.48. The van der Waals surface area contributed by atoms with Gasteiger partial charge in [0.15, 0.2) is 5.96 Å². The van der Waals surface area contributed by atoms with Crippen molar-refractivity contribution in [2.24, 2.45) is 10.9 Å². The Morgan fingerprint density at radius 1 is 1.26 bits per heavy atom. The van der Waals surface area contributed by atoms with E-state index in [-0.39, 0.29) is 35.9 Å². The number of halogens is 1. The van der Waals surface area contributed by atoms with Crippen LogP contribution in [-0.2, 0) is 22.7 Å². The largest absolute Gasteiger partial charge is 0.487 e. The lowest BCUT2D eigenvalue weighted by molar-refractivity contribution is -0.149. The molecule has 1 N–H and O–H groups in total. The van der Waals surface area contributed by atoms with Crippen LogP contribution < -0.4 is 10.1 Å². The van der Waals surface area contributed by atoms with Gasteiger partial charge in [-0.25, -0.2) is 0 Å². The molecule has 1 aliphatic rings. The van der Waals surface area contributed by atoms with Gasteiger partial charge in [0.25, 0.3) is 0 Å². The van der Waals surface area contributed by atoms with Crippen LogP contribution >= 0.6 is 24.0 Å². The van der Waals surface area contributed by atoms with Gasteiger partial charge >= 0.3 is 5.97 Å². The molecular formula is C23H31IN4O3. The molecular weight excluding hydrogens is 507 g/mol. The molecule has 0 aliphatic carbocycles. The number of carbonyl (C=O) groups excluding carboxylic acids is 1. The molecule has 8 heteroatoms. The maximum atomic E-state index is 12.1. The summed E-state index contributed by atoms with van der Waals surface area (Å²) in [5.41, 5.74) is 2.02. The summed E-state index contributed by atoms with van der Waals surface area (Å²) < 4.78 is 11.0. The monoisotopic (exact) mass is 538 g/mol. The van der Waals surface area contributed by atoms with E-state index in [4.69, 9.17) is 9.47 Å². The molecule has 3 rings (SSSR count). The van der Waals surface area contributed by atoms with E-state index in [2.05, 4.69) is 20.2 Å². The molecule has 31 heavy (non-hydrogen) atoms. The lowest BCUT2D eigenvalue weighted by atomic mass is 9.98. The van der Waals surface area contributed by atoms with Crippen LogP contribution in [0.15, 0.2) is 53.7 Å². The first-order valence-corrected chi connectivity index (χ1v) is 10.4. The van der Waals surface area contributed by atoms with Crippen molar-refractivity contribution in [2.75, 3.05) is 26.7 Å². The van der Waals surface area contributed by atoms with E-state index in [9.17, 15) is 4.79 Å². The average molecular weight is 538 g/mol. The maximum absolute atomic E-state index is 12.1. The quantitative estimate of drug-likeness (QED) is 0.251. The molecule has 2 heterocycles. The number of nitrogens with one attached hydrogen (secondary N) is 1. The van der Waals surface area contributed by atoms with Gasteiger partial charge in [0.05, 0.1) is 18.2 Å². The molecule has 1 aliphatic heterocycles. The molecule has 1 fully saturated rings. The van der Waals surface area contributed by atoms with Gasteiger partial charge < -0.3 is 19.7 Å². The number of esters is 1. The van der Waals surface area contributed by atoms with Crippen molar-refractivity contribution < 1.29 is 14.3 Å². The molecule has 1 saturated heterocycles. The Bertz CT molecular complexity index is 830. The lowest BCUT2D eigenvalue weighted by Gasteiger charge is -2.34. The predicted molar refractivity (Wildman–Crippen MR) is 132 cm³/mol. The number of piperidine rings is 1. The van der Waals surface area contributed by atoms with E-state index in [1.807, 2.05) is 49.4 Å². The number of guanidine groups is 1. The van der Waals surface area contributed by atoms with E-state index < -0.39 is 0 Å². The van der Waals surface area contributed by atoms with E-state index in [0.29, 0.717) is 26.3 Å². The summed E-state index contributed by atoms with van der Waals surface area (Å²) in [4.78, 5) is 22.9. The number of carbonyl (C=O) groups is 1. The number of nitrogens with zero attached hydrogens (tertiary/aromatic N) is 3. The summed E-state index contributed by atoms with van der Waals surface area (Å²) in [5.74, 6) is 1.41. The second-order valence-electron chi connectivity index (χ2n) is 7.19. The number of hydrogen-bond donors (Lipinski definition) is 1. The molecule has 0 bridgehead atoms. The first-order chi connectivity index (χ1) is 14.7. The first-order valence-electron chi connectivity index (χ1n) is 10.4. The van der Waals surface area contributed by atoms with E-state index >= 15 is 0 Å². The minimum atomic E-state index is -0.112. The Hall–Kier alpha value is -2.36. The molecule has 168 valence electrons. The van der Waals surface area contributed by atoms with Crippen molar-refractivity contribution in [3.05, 3.63) is 59.9 Å². The molecule has 1 aromatic carbocycles. The highest BCUT2D eigenvalue weighted by molar-refractivity contribution is 14.0. The molecule has 0 radical (unpaired) electrons. The Labute approximate surface area is 201 Å². The van der Waals surface area contributed by atoms with Crippen LogP contribution in [0.3, 0.4) is 0 Å². The smallest absolute Gasteiger partial charge is 0.310 e. The second-order valence-corrected chi connectivity index (χ2v) is 7.19. The van der Waals surface area contributed by atoms with E-state index in [0.717, 1.165) is 42.4 Å². The van der Waals surface area contributed by atoms with Crippen LogP contribution in [0.25, 0.3) is 0 Å². The summed E-state index contributed by atoms with van der Waals surface area (Å²) in [6.07, 6.45) is 3.58. The van der Waals surface area contributed by atoms with Crippen molar-refractivity contribution in [3.63, 3.8) is 0 Å². The number of rotatable bonds is 7. The number of hydrogen-bond acceptors (Lipinski definition) is 5. The number of aromatic nitrogens is 1. The highest BCUT2D eigenvalue weighted by Gasteiger charge is 2.28. The summed E-state index contributed by atoms with van der Waals surface area (Å²) >= 11 is 0. The Kier molecular flexibility index (Phi) is 10.6.